The van der Waals surface area contributed by atoms with Gasteiger partial charge in [0.1, 0.15) is 5.75 Å². The van der Waals surface area contributed by atoms with Gasteiger partial charge in [0, 0.05) is 38.9 Å². The van der Waals surface area contributed by atoms with E-state index in [1.807, 2.05) is 42.5 Å². The van der Waals surface area contributed by atoms with Gasteiger partial charge in [-0.1, -0.05) is 188 Å². The van der Waals surface area contributed by atoms with Crippen molar-refractivity contribution in [3.63, 3.8) is 0 Å². The van der Waals surface area contributed by atoms with Crippen molar-refractivity contribution in [3.8, 4) is 84.4 Å². The molecule has 4 nitrogen and oxygen atoms in total. The van der Waals surface area contributed by atoms with Crippen molar-refractivity contribution in [1.29, 1.82) is 0 Å². The normalized spacial score (nSPS) is 12.9. The summed E-state index contributed by atoms with van der Waals surface area (Å²) in [6, 6.07) is 69.9. The van der Waals surface area contributed by atoms with Crippen LogP contribution in [0, 0.1) is 0 Å². The summed E-state index contributed by atoms with van der Waals surface area (Å²) in [7, 11) is 0. The molecule has 0 saturated heterocycles. The van der Waals surface area contributed by atoms with Crippen molar-refractivity contribution in [2.45, 2.75) is 5.60 Å². The Morgan fingerprint density at radius 1 is 0.286 bits per heavy atom. The molecule has 0 bridgehead atoms. The third kappa shape index (κ3) is 5.04. The van der Waals surface area contributed by atoms with Crippen molar-refractivity contribution in [2.75, 3.05) is 0 Å². The van der Waals surface area contributed by atoms with Gasteiger partial charge >= 0.3 is 0 Å². The fourth-order valence-electron chi connectivity index (χ4n) is 8.55. The molecule has 0 N–H and O–H groups in total. The Kier molecular flexibility index (Phi) is 7.36. The van der Waals surface area contributed by atoms with Crippen LogP contribution in [0.3, 0.4) is 0 Å². The summed E-state index contributed by atoms with van der Waals surface area (Å²) in [6.07, 6.45) is 0. The van der Waals surface area contributed by atoms with Crippen molar-refractivity contribution in [2.24, 2.45) is 0 Å². The second-order valence-electron chi connectivity index (χ2n) is 14.3. The van der Waals surface area contributed by atoms with E-state index in [1.165, 1.54) is 27.8 Å². The lowest BCUT2D eigenvalue weighted by Crippen LogP contribution is -2.36. The second kappa shape index (κ2) is 12.9. The Morgan fingerprint density at radius 3 is 1.29 bits per heavy atom. The zero-order valence-electron chi connectivity index (χ0n) is 30.3. The summed E-state index contributed by atoms with van der Waals surface area (Å²) in [6.45, 7) is 0. The van der Waals surface area contributed by atoms with E-state index in [2.05, 4.69) is 158 Å². The van der Waals surface area contributed by atoms with Crippen LogP contribution in [0.5, 0.6) is 5.75 Å². The van der Waals surface area contributed by atoms with Gasteiger partial charge in [-0.3, -0.25) is 0 Å². The molecule has 4 heteroatoms. The number of rotatable bonds is 5. The van der Waals surface area contributed by atoms with Crippen LogP contribution in [0.25, 0.3) is 78.7 Å². The molecular weight excluding hydrogens is 683 g/mol. The minimum Gasteiger partial charge on any atom is -0.472 e. The van der Waals surface area contributed by atoms with Gasteiger partial charge in [-0.05, 0) is 51.1 Å². The highest BCUT2D eigenvalue weighted by Gasteiger charge is 2.50. The van der Waals surface area contributed by atoms with Crippen LogP contribution < -0.4 is 4.74 Å². The minimum absolute atomic E-state index is 0.624. The molecule has 11 rings (SSSR count). The Balaban J connectivity index is 0.988. The molecule has 1 aromatic heterocycles. The van der Waals surface area contributed by atoms with Crippen molar-refractivity contribution < 1.29 is 4.74 Å². The highest BCUT2D eigenvalue weighted by molar-refractivity contribution is 5.89. The molecule has 1 aliphatic heterocycles. The van der Waals surface area contributed by atoms with Gasteiger partial charge in [0.05, 0.1) is 0 Å². The third-order valence-electron chi connectivity index (χ3n) is 11.1. The van der Waals surface area contributed by atoms with Crippen LogP contribution in [0.1, 0.15) is 16.7 Å². The molecular formula is C52H33N3O. The number of fused-ring (bicyclic) bond motifs is 9. The van der Waals surface area contributed by atoms with E-state index in [1.54, 1.807) is 0 Å². The molecule has 2 heterocycles. The van der Waals surface area contributed by atoms with Crippen LogP contribution in [-0.4, -0.2) is 15.0 Å². The summed E-state index contributed by atoms with van der Waals surface area (Å²) in [4.78, 5) is 15.1. The van der Waals surface area contributed by atoms with Gasteiger partial charge in [-0.15, -0.1) is 0 Å². The Labute approximate surface area is 325 Å². The fraction of sp³-hybridized carbons (Fsp3) is 0.0192. The SMILES string of the molecule is c1ccc(-c2nc(-c3ccc(-c4ccc5c(c4)-c4ccccc4C4(O5)c5ccccc5-c5ccccc54)cc3)nc(-c3ccccc3-c3ccccc3)n2)cc1. The summed E-state index contributed by atoms with van der Waals surface area (Å²) >= 11 is 0. The predicted molar refractivity (Wildman–Crippen MR) is 225 cm³/mol. The molecule has 1 aliphatic carbocycles. The van der Waals surface area contributed by atoms with E-state index in [-0.39, 0.29) is 0 Å². The van der Waals surface area contributed by atoms with Crippen LogP contribution in [0.4, 0.5) is 0 Å². The molecule has 2 aliphatic rings. The first kappa shape index (κ1) is 32.0. The first-order chi connectivity index (χ1) is 27.7. The van der Waals surface area contributed by atoms with E-state index >= 15 is 0 Å². The molecule has 8 aromatic carbocycles. The van der Waals surface area contributed by atoms with E-state index in [0.717, 1.165) is 55.8 Å². The molecule has 0 fully saturated rings. The fourth-order valence-corrected chi connectivity index (χ4v) is 8.55. The molecule has 0 amide bonds. The molecule has 0 atom stereocenters. The molecule has 262 valence electrons. The van der Waals surface area contributed by atoms with Crippen LogP contribution in [-0.2, 0) is 5.60 Å². The number of ether oxygens (including phenoxy) is 1. The zero-order valence-corrected chi connectivity index (χ0v) is 30.3. The second-order valence-corrected chi connectivity index (χ2v) is 14.3. The highest BCUT2D eigenvalue weighted by Crippen LogP contribution is 2.58. The van der Waals surface area contributed by atoms with Crippen molar-refractivity contribution >= 4 is 0 Å². The first-order valence-electron chi connectivity index (χ1n) is 18.9. The third-order valence-corrected chi connectivity index (χ3v) is 11.1. The van der Waals surface area contributed by atoms with Gasteiger partial charge in [0.25, 0.3) is 0 Å². The lowest BCUT2D eigenvalue weighted by atomic mass is 9.77. The van der Waals surface area contributed by atoms with Gasteiger partial charge < -0.3 is 4.74 Å². The van der Waals surface area contributed by atoms with Crippen LogP contribution in [0.15, 0.2) is 200 Å². The first-order valence-corrected chi connectivity index (χ1v) is 18.9. The molecule has 1 spiro atoms. The number of aromatic nitrogens is 3. The average molecular weight is 716 g/mol. The average Bonchev–Trinajstić information content (AvgIpc) is 3.56. The number of nitrogens with zero attached hydrogens (tertiary/aromatic N) is 3. The Morgan fingerprint density at radius 2 is 0.696 bits per heavy atom. The minimum atomic E-state index is -0.719. The monoisotopic (exact) mass is 715 g/mol. The standard InChI is InChI=1S/C52H33N3O/c1-3-15-35(16-4-1)39-19-7-8-23-43(39)51-54-49(36-17-5-2-6-18-36)53-50(55-51)37-29-27-34(28-30-37)38-31-32-48-44(33-38)42-22-11-14-26-47(42)52(56-48)45-24-12-9-20-40(45)41-21-10-13-25-46(41)52/h1-33H. The molecule has 9 aromatic rings. The number of hydrogen-bond acceptors (Lipinski definition) is 4. The maximum atomic E-state index is 7.24. The maximum absolute atomic E-state index is 7.24. The highest BCUT2D eigenvalue weighted by atomic mass is 16.5. The van der Waals surface area contributed by atoms with Gasteiger partial charge in [0.2, 0.25) is 0 Å². The molecule has 0 unspecified atom stereocenters. The summed E-state index contributed by atoms with van der Waals surface area (Å²) < 4.78 is 7.24. The van der Waals surface area contributed by atoms with Gasteiger partial charge in [-0.2, -0.15) is 0 Å². The summed E-state index contributed by atoms with van der Waals surface area (Å²) in [5, 5.41) is 0. The smallest absolute Gasteiger partial charge is 0.186 e. The molecule has 0 saturated carbocycles. The summed E-state index contributed by atoms with van der Waals surface area (Å²) in [5.74, 6) is 2.77. The quantitative estimate of drug-likeness (QED) is 0.178. The summed E-state index contributed by atoms with van der Waals surface area (Å²) in [5.41, 5.74) is 14.7. The van der Waals surface area contributed by atoms with Crippen molar-refractivity contribution in [1.82, 2.24) is 15.0 Å². The van der Waals surface area contributed by atoms with E-state index in [9.17, 15) is 0 Å². The van der Waals surface area contributed by atoms with E-state index in [4.69, 9.17) is 19.7 Å². The maximum Gasteiger partial charge on any atom is 0.186 e. The largest absolute Gasteiger partial charge is 0.472 e. The Bertz CT molecular complexity index is 2890. The van der Waals surface area contributed by atoms with E-state index in [0.29, 0.717) is 17.5 Å². The predicted octanol–water partition coefficient (Wildman–Crippen LogP) is 12.5. The zero-order chi connectivity index (χ0) is 37.1. The van der Waals surface area contributed by atoms with Crippen molar-refractivity contribution in [3.05, 3.63) is 217 Å². The van der Waals surface area contributed by atoms with E-state index < -0.39 is 5.60 Å². The van der Waals surface area contributed by atoms with Gasteiger partial charge in [0.15, 0.2) is 23.1 Å². The number of hydrogen-bond donors (Lipinski definition) is 0. The topological polar surface area (TPSA) is 47.9 Å². The Hall–Kier alpha value is -7.43. The number of benzene rings is 8. The van der Waals surface area contributed by atoms with Gasteiger partial charge in [-0.25, -0.2) is 15.0 Å². The lowest BCUT2D eigenvalue weighted by molar-refractivity contribution is 0.157. The van der Waals surface area contributed by atoms with Crippen LogP contribution >= 0.6 is 0 Å². The van der Waals surface area contributed by atoms with Crippen LogP contribution in [0.2, 0.25) is 0 Å². The lowest BCUT2D eigenvalue weighted by Gasteiger charge is -2.39. The molecule has 56 heavy (non-hydrogen) atoms. The molecule has 0 radical (unpaired) electrons.